The number of aromatic nitrogens is 1. The molecule has 0 unspecified atom stereocenters. The molecule has 1 nitrogen and oxygen atoms in total. The van der Waals surface area contributed by atoms with Crippen LogP contribution in [0.4, 0.5) is 13.2 Å². The molecule has 0 spiro atoms. The van der Waals surface area contributed by atoms with E-state index < -0.39 is 11.7 Å². The van der Waals surface area contributed by atoms with Gasteiger partial charge >= 0.3 is 6.18 Å². The summed E-state index contributed by atoms with van der Waals surface area (Å²) in [5.41, 5.74) is 3.38. The molecule has 2 aromatic rings. The lowest BCUT2D eigenvalue weighted by molar-refractivity contribution is -0.137. The van der Waals surface area contributed by atoms with Gasteiger partial charge in [0.05, 0.1) is 11.1 Å². The van der Waals surface area contributed by atoms with Crippen LogP contribution in [0.3, 0.4) is 0 Å². The van der Waals surface area contributed by atoms with Crippen molar-refractivity contribution < 1.29 is 13.2 Å². The highest BCUT2D eigenvalue weighted by Crippen LogP contribution is 2.38. The fraction of sp³-hybridized carbons (Fsp3) is 0.429. The van der Waals surface area contributed by atoms with Gasteiger partial charge in [-0.3, -0.25) is 0 Å². The van der Waals surface area contributed by atoms with Gasteiger partial charge in [-0.15, -0.1) is 0 Å². The van der Waals surface area contributed by atoms with E-state index in [-0.39, 0.29) is 0 Å². The number of benzene rings is 1. The number of rotatable bonds is 0. The molecule has 0 radical (unpaired) electrons. The summed E-state index contributed by atoms with van der Waals surface area (Å²) < 4.78 is 40.8. The Balaban J connectivity index is 2.40. The summed E-state index contributed by atoms with van der Waals surface area (Å²) in [4.78, 5) is 0. The van der Waals surface area contributed by atoms with Crippen molar-refractivity contribution >= 4 is 10.9 Å². The molecule has 96 valence electrons. The topological polar surface area (TPSA) is 4.93 Å². The van der Waals surface area contributed by atoms with Crippen LogP contribution in [0.25, 0.3) is 10.9 Å². The number of hydrogen-bond acceptors (Lipinski definition) is 0. The van der Waals surface area contributed by atoms with Crippen molar-refractivity contribution in [3.8, 4) is 0 Å². The molecule has 0 saturated carbocycles. The first-order valence-electron chi connectivity index (χ1n) is 6.09. The fourth-order valence-corrected chi connectivity index (χ4v) is 2.93. The van der Waals surface area contributed by atoms with Gasteiger partial charge in [0.15, 0.2) is 0 Å². The molecule has 0 saturated heterocycles. The summed E-state index contributed by atoms with van der Waals surface area (Å²) in [7, 11) is 0. The van der Waals surface area contributed by atoms with Crippen LogP contribution in [-0.4, -0.2) is 4.57 Å². The molecule has 1 aliphatic rings. The molecule has 0 N–H and O–H groups in total. The molecule has 1 aromatic carbocycles. The summed E-state index contributed by atoms with van der Waals surface area (Å²) in [5, 5.41) is 0.761. The lowest BCUT2D eigenvalue weighted by Crippen LogP contribution is -2.11. The average Bonchev–Trinajstić information content (AvgIpc) is 2.56. The number of nitrogens with zero attached hydrogens (tertiary/aromatic N) is 1. The van der Waals surface area contributed by atoms with Crippen molar-refractivity contribution in [2.24, 2.45) is 0 Å². The second kappa shape index (κ2) is 3.53. The number of hydrogen-bond donors (Lipinski definition) is 0. The molecule has 0 aliphatic carbocycles. The van der Waals surface area contributed by atoms with Crippen molar-refractivity contribution in [2.45, 2.75) is 39.4 Å². The average molecular weight is 253 g/mol. The minimum atomic E-state index is -4.26. The quantitative estimate of drug-likeness (QED) is 0.662. The van der Waals surface area contributed by atoms with Gasteiger partial charge in [-0.2, -0.15) is 13.2 Å². The fourth-order valence-electron chi connectivity index (χ4n) is 2.93. The first kappa shape index (κ1) is 11.6. The first-order chi connectivity index (χ1) is 8.39. The normalized spacial score (nSPS) is 15.4. The van der Waals surface area contributed by atoms with Gasteiger partial charge in [0.25, 0.3) is 0 Å². The summed E-state index contributed by atoms with van der Waals surface area (Å²) in [6.45, 7) is 4.80. The molecule has 0 amide bonds. The van der Waals surface area contributed by atoms with E-state index in [1.807, 2.05) is 13.8 Å². The van der Waals surface area contributed by atoms with Gasteiger partial charge in [-0.05, 0) is 49.9 Å². The molecule has 1 aliphatic heterocycles. The molecular formula is C14H14F3N. The van der Waals surface area contributed by atoms with Crippen LogP contribution in [0.2, 0.25) is 0 Å². The molecule has 3 rings (SSSR count). The van der Waals surface area contributed by atoms with Gasteiger partial charge in [0.2, 0.25) is 0 Å². The molecular weight excluding hydrogens is 239 g/mol. The molecule has 2 heterocycles. The third-order valence-corrected chi connectivity index (χ3v) is 3.97. The molecule has 0 fully saturated rings. The Morgan fingerprint density at radius 3 is 2.56 bits per heavy atom. The first-order valence-corrected chi connectivity index (χ1v) is 6.09. The van der Waals surface area contributed by atoms with E-state index in [9.17, 15) is 13.2 Å². The van der Waals surface area contributed by atoms with E-state index in [4.69, 9.17) is 0 Å². The SMILES string of the molecule is Cc1c(C)n2c3c(cc(C(F)(F)F)cc13)CCC2. The van der Waals surface area contributed by atoms with E-state index in [1.54, 1.807) is 0 Å². The van der Waals surface area contributed by atoms with Crippen molar-refractivity contribution in [3.05, 3.63) is 34.5 Å². The maximum Gasteiger partial charge on any atom is 0.416 e. The lowest BCUT2D eigenvalue weighted by Gasteiger charge is -2.18. The van der Waals surface area contributed by atoms with Crippen LogP contribution in [-0.2, 0) is 19.1 Å². The van der Waals surface area contributed by atoms with Gasteiger partial charge in [-0.1, -0.05) is 0 Å². The summed E-state index contributed by atoms with van der Waals surface area (Å²) >= 11 is 0. The highest BCUT2D eigenvalue weighted by molar-refractivity contribution is 5.89. The van der Waals surface area contributed by atoms with Crippen LogP contribution in [0.15, 0.2) is 12.1 Å². The zero-order valence-electron chi connectivity index (χ0n) is 10.4. The molecule has 18 heavy (non-hydrogen) atoms. The summed E-state index contributed by atoms with van der Waals surface area (Å²) in [5.74, 6) is 0. The Hall–Kier alpha value is -1.45. The van der Waals surface area contributed by atoms with E-state index in [0.29, 0.717) is 0 Å². The Morgan fingerprint density at radius 2 is 1.89 bits per heavy atom. The molecule has 0 atom stereocenters. The Morgan fingerprint density at radius 1 is 1.17 bits per heavy atom. The Kier molecular flexibility index (Phi) is 2.28. The molecule has 4 heteroatoms. The van der Waals surface area contributed by atoms with E-state index in [1.165, 1.54) is 12.1 Å². The second-order valence-corrected chi connectivity index (χ2v) is 4.99. The minimum Gasteiger partial charge on any atom is -0.344 e. The molecule has 0 bridgehead atoms. The van der Waals surface area contributed by atoms with Crippen LogP contribution in [0.1, 0.15) is 28.8 Å². The third-order valence-electron chi connectivity index (χ3n) is 3.97. The van der Waals surface area contributed by atoms with Crippen molar-refractivity contribution in [3.63, 3.8) is 0 Å². The number of halogens is 3. The maximum atomic E-state index is 12.9. The summed E-state index contributed by atoms with van der Waals surface area (Å²) in [6.07, 6.45) is -2.60. The predicted octanol–water partition coefficient (Wildman–Crippen LogP) is 4.22. The highest BCUT2D eigenvalue weighted by Gasteiger charge is 2.32. The summed E-state index contributed by atoms with van der Waals surface area (Å²) in [6, 6.07) is 2.61. The van der Waals surface area contributed by atoms with E-state index in [0.717, 1.165) is 47.1 Å². The van der Waals surface area contributed by atoms with Gasteiger partial charge in [0, 0.05) is 17.6 Å². The largest absolute Gasteiger partial charge is 0.416 e. The zero-order valence-corrected chi connectivity index (χ0v) is 10.4. The minimum absolute atomic E-state index is 0.521. The second-order valence-electron chi connectivity index (χ2n) is 4.99. The molecule has 1 aromatic heterocycles. The maximum absolute atomic E-state index is 12.9. The van der Waals surface area contributed by atoms with Crippen LogP contribution < -0.4 is 0 Å². The number of aryl methyl sites for hydroxylation is 3. The predicted molar refractivity (Wildman–Crippen MR) is 64.7 cm³/mol. The third kappa shape index (κ3) is 1.48. The monoisotopic (exact) mass is 253 g/mol. The standard InChI is InChI=1S/C14H14F3N/c1-8-9(2)18-5-3-4-10-6-11(14(15,16)17)7-12(8)13(10)18/h6-7H,3-5H2,1-2H3. The van der Waals surface area contributed by atoms with E-state index >= 15 is 0 Å². The number of alkyl halides is 3. The smallest absolute Gasteiger partial charge is 0.344 e. The van der Waals surface area contributed by atoms with Crippen molar-refractivity contribution in [1.82, 2.24) is 4.57 Å². The zero-order chi connectivity index (χ0) is 13.1. The van der Waals surface area contributed by atoms with Gasteiger partial charge in [0.1, 0.15) is 0 Å². The van der Waals surface area contributed by atoms with Crippen LogP contribution >= 0.6 is 0 Å². The van der Waals surface area contributed by atoms with Crippen LogP contribution in [0, 0.1) is 13.8 Å². The van der Waals surface area contributed by atoms with Gasteiger partial charge in [-0.25, -0.2) is 0 Å². The Bertz CT molecular complexity index is 635. The van der Waals surface area contributed by atoms with Crippen molar-refractivity contribution in [1.29, 1.82) is 0 Å². The highest BCUT2D eigenvalue weighted by atomic mass is 19.4. The van der Waals surface area contributed by atoms with Crippen LogP contribution in [0.5, 0.6) is 0 Å². The van der Waals surface area contributed by atoms with Crippen molar-refractivity contribution in [2.75, 3.05) is 0 Å². The van der Waals surface area contributed by atoms with Gasteiger partial charge < -0.3 is 4.57 Å². The lowest BCUT2D eigenvalue weighted by atomic mass is 9.99. The van der Waals surface area contributed by atoms with E-state index in [2.05, 4.69) is 4.57 Å². The Labute approximate surface area is 103 Å².